The zero-order valence-corrected chi connectivity index (χ0v) is 11.2. The van der Waals surface area contributed by atoms with Gasteiger partial charge in [-0.2, -0.15) is 0 Å². The molecule has 2 rings (SSSR count). The predicted octanol–water partition coefficient (Wildman–Crippen LogP) is 1.47. The van der Waals surface area contributed by atoms with Crippen molar-refractivity contribution in [2.45, 2.75) is 12.8 Å². The van der Waals surface area contributed by atoms with Gasteiger partial charge in [0, 0.05) is 38.2 Å². The van der Waals surface area contributed by atoms with Crippen molar-refractivity contribution in [3.05, 3.63) is 23.8 Å². The summed E-state index contributed by atoms with van der Waals surface area (Å²) in [6.45, 7) is 2.49. The number of carbonyl (C=O) groups excluding carboxylic acids is 1. The molecule has 1 aliphatic heterocycles. The number of ether oxygens (including phenoxy) is 1. The third-order valence-electron chi connectivity index (χ3n) is 3.44. The lowest BCUT2D eigenvalue weighted by molar-refractivity contribution is 0.0699. The van der Waals surface area contributed by atoms with Gasteiger partial charge in [0.05, 0.1) is 5.56 Å². The highest BCUT2D eigenvalue weighted by Gasteiger charge is 2.15. The maximum atomic E-state index is 11.8. The van der Waals surface area contributed by atoms with Gasteiger partial charge >= 0.3 is 0 Å². The van der Waals surface area contributed by atoms with E-state index in [0.29, 0.717) is 17.2 Å². The lowest BCUT2D eigenvalue weighted by atomic mass is 10.00. The molecule has 1 fully saturated rings. The van der Waals surface area contributed by atoms with Gasteiger partial charge in [-0.25, -0.2) is 0 Å². The molecule has 4 N–H and O–H groups in total. The van der Waals surface area contributed by atoms with Crippen molar-refractivity contribution in [1.82, 2.24) is 5.32 Å². The number of benzene rings is 1. The Morgan fingerprint density at radius 1 is 1.42 bits per heavy atom. The smallest absolute Gasteiger partial charge is 0.253 e. The van der Waals surface area contributed by atoms with Crippen LogP contribution in [0, 0.1) is 5.92 Å². The molecule has 0 unspecified atom stereocenters. The molecule has 0 atom stereocenters. The van der Waals surface area contributed by atoms with E-state index in [9.17, 15) is 4.79 Å². The monoisotopic (exact) mass is 263 g/mol. The van der Waals surface area contributed by atoms with E-state index in [4.69, 9.17) is 10.5 Å². The summed E-state index contributed by atoms with van der Waals surface area (Å²) in [7, 11) is 1.63. The van der Waals surface area contributed by atoms with Crippen LogP contribution in [-0.2, 0) is 4.74 Å². The Morgan fingerprint density at radius 2 is 2.16 bits per heavy atom. The van der Waals surface area contributed by atoms with Crippen molar-refractivity contribution in [3.63, 3.8) is 0 Å². The fourth-order valence-corrected chi connectivity index (χ4v) is 2.25. The van der Waals surface area contributed by atoms with Crippen LogP contribution in [0.4, 0.5) is 11.4 Å². The summed E-state index contributed by atoms with van der Waals surface area (Å²) in [5, 5.41) is 5.98. The van der Waals surface area contributed by atoms with Crippen LogP contribution in [0.5, 0.6) is 0 Å². The van der Waals surface area contributed by atoms with Gasteiger partial charge in [0.1, 0.15) is 0 Å². The molecule has 19 heavy (non-hydrogen) atoms. The highest BCUT2D eigenvalue weighted by molar-refractivity contribution is 6.00. The van der Waals surface area contributed by atoms with Gasteiger partial charge in [-0.05, 0) is 37.0 Å². The molecule has 1 aromatic rings. The third kappa shape index (κ3) is 3.61. The minimum atomic E-state index is -0.102. The maximum Gasteiger partial charge on any atom is 0.253 e. The molecule has 1 heterocycles. The molecule has 5 nitrogen and oxygen atoms in total. The Bertz CT molecular complexity index is 442. The molecule has 0 spiro atoms. The van der Waals surface area contributed by atoms with E-state index < -0.39 is 0 Å². The Labute approximate surface area is 113 Å². The second-order valence-electron chi connectivity index (χ2n) is 4.82. The standard InChI is InChI=1S/C14H21N3O2/c1-16-14(18)12-3-2-11(15)8-13(12)17-9-10-4-6-19-7-5-10/h2-3,8,10,17H,4-7,9,15H2,1H3,(H,16,18). The highest BCUT2D eigenvalue weighted by atomic mass is 16.5. The largest absolute Gasteiger partial charge is 0.399 e. The Hall–Kier alpha value is -1.75. The predicted molar refractivity (Wildman–Crippen MR) is 76.3 cm³/mol. The normalized spacial score (nSPS) is 16.1. The van der Waals surface area contributed by atoms with Crippen LogP contribution in [0.15, 0.2) is 18.2 Å². The summed E-state index contributed by atoms with van der Waals surface area (Å²) in [4.78, 5) is 11.8. The number of rotatable bonds is 4. The molecule has 0 bridgehead atoms. The fraction of sp³-hybridized carbons (Fsp3) is 0.500. The van der Waals surface area contributed by atoms with E-state index in [-0.39, 0.29) is 5.91 Å². The molecule has 0 aliphatic carbocycles. The molecule has 104 valence electrons. The minimum Gasteiger partial charge on any atom is -0.399 e. The summed E-state index contributed by atoms with van der Waals surface area (Å²) in [6, 6.07) is 5.30. The van der Waals surface area contributed by atoms with Crippen LogP contribution >= 0.6 is 0 Å². The Balaban J connectivity index is 2.05. The van der Waals surface area contributed by atoms with E-state index >= 15 is 0 Å². The minimum absolute atomic E-state index is 0.102. The molecule has 1 aliphatic rings. The number of anilines is 2. The summed E-state index contributed by atoms with van der Waals surface area (Å²) >= 11 is 0. The topological polar surface area (TPSA) is 76.4 Å². The van der Waals surface area contributed by atoms with E-state index in [1.54, 1.807) is 19.2 Å². The zero-order chi connectivity index (χ0) is 13.7. The van der Waals surface area contributed by atoms with E-state index in [1.807, 2.05) is 6.07 Å². The van der Waals surface area contributed by atoms with Gasteiger partial charge in [0.15, 0.2) is 0 Å². The van der Waals surface area contributed by atoms with Crippen LogP contribution in [-0.4, -0.2) is 32.7 Å². The zero-order valence-electron chi connectivity index (χ0n) is 11.2. The van der Waals surface area contributed by atoms with Gasteiger partial charge < -0.3 is 21.1 Å². The molecule has 0 radical (unpaired) electrons. The summed E-state index contributed by atoms with van der Waals surface area (Å²) < 4.78 is 5.34. The third-order valence-corrected chi connectivity index (χ3v) is 3.44. The quantitative estimate of drug-likeness (QED) is 0.719. The highest BCUT2D eigenvalue weighted by Crippen LogP contribution is 2.21. The van der Waals surface area contributed by atoms with Crippen LogP contribution in [0.3, 0.4) is 0 Å². The second-order valence-corrected chi connectivity index (χ2v) is 4.82. The van der Waals surface area contributed by atoms with Crippen molar-refractivity contribution < 1.29 is 9.53 Å². The molecular formula is C14H21N3O2. The Kier molecular flexibility index (Phi) is 4.63. The van der Waals surface area contributed by atoms with Crippen molar-refractivity contribution >= 4 is 17.3 Å². The second kappa shape index (κ2) is 6.43. The van der Waals surface area contributed by atoms with Gasteiger partial charge in [0.2, 0.25) is 0 Å². The van der Waals surface area contributed by atoms with Crippen molar-refractivity contribution in [1.29, 1.82) is 0 Å². The summed E-state index contributed by atoms with van der Waals surface area (Å²) in [6.07, 6.45) is 2.12. The first kappa shape index (κ1) is 13.7. The van der Waals surface area contributed by atoms with E-state index in [2.05, 4.69) is 10.6 Å². The lowest BCUT2D eigenvalue weighted by Crippen LogP contribution is -2.24. The van der Waals surface area contributed by atoms with E-state index in [0.717, 1.165) is 38.3 Å². The molecule has 1 aromatic carbocycles. The van der Waals surface area contributed by atoms with Crippen LogP contribution in [0.25, 0.3) is 0 Å². The lowest BCUT2D eigenvalue weighted by Gasteiger charge is -2.23. The first-order chi connectivity index (χ1) is 9.20. The average Bonchev–Trinajstić information content (AvgIpc) is 2.45. The van der Waals surface area contributed by atoms with Crippen LogP contribution in [0.1, 0.15) is 23.2 Å². The maximum absolute atomic E-state index is 11.8. The average molecular weight is 263 g/mol. The number of hydrogen-bond donors (Lipinski definition) is 3. The van der Waals surface area contributed by atoms with Gasteiger partial charge in [0.25, 0.3) is 5.91 Å². The van der Waals surface area contributed by atoms with E-state index in [1.165, 1.54) is 0 Å². The SMILES string of the molecule is CNC(=O)c1ccc(N)cc1NCC1CCOCC1. The summed E-state index contributed by atoms with van der Waals surface area (Å²) in [5.41, 5.74) is 7.87. The Morgan fingerprint density at radius 3 is 2.84 bits per heavy atom. The molecule has 1 amide bonds. The van der Waals surface area contributed by atoms with Crippen molar-refractivity contribution in [2.24, 2.45) is 5.92 Å². The van der Waals surface area contributed by atoms with Crippen LogP contribution < -0.4 is 16.4 Å². The van der Waals surface area contributed by atoms with Gasteiger partial charge in [-0.1, -0.05) is 0 Å². The number of nitrogens with one attached hydrogen (secondary N) is 2. The van der Waals surface area contributed by atoms with Crippen molar-refractivity contribution in [3.8, 4) is 0 Å². The van der Waals surface area contributed by atoms with Crippen molar-refractivity contribution in [2.75, 3.05) is 37.9 Å². The van der Waals surface area contributed by atoms with Gasteiger partial charge in [-0.3, -0.25) is 4.79 Å². The number of hydrogen-bond acceptors (Lipinski definition) is 4. The number of carbonyl (C=O) groups is 1. The van der Waals surface area contributed by atoms with Gasteiger partial charge in [-0.15, -0.1) is 0 Å². The van der Waals surface area contributed by atoms with Crippen LogP contribution in [0.2, 0.25) is 0 Å². The number of nitrogen functional groups attached to an aromatic ring is 1. The molecule has 5 heteroatoms. The molecule has 1 saturated heterocycles. The number of nitrogens with two attached hydrogens (primary N) is 1. The first-order valence-electron chi connectivity index (χ1n) is 6.64. The molecule has 0 aromatic heterocycles. The molecule has 0 saturated carbocycles. The summed E-state index contributed by atoms with van der Waals surface area (Å²) in [5.74, 6) is 0.488. The fourth-order valence-electron chi connectivity index (χ4n) is 2.25. The molecular weight excluding hydrogens is 242 g/mol. The first-order valence-corrected chi connectivity index (χ1v) is 6.64. The number of amides is 1.